The molecule has 25 heavy (non-hydrogen) atoms. The van der Waals surface area contributed by atoms with Gasteiger partial charge in [-0.25, -0.2) is 9.18 Å². The molecule has 5 nitrogen and oxygen atoms in total. The number of nitrogens with one attached hydrogen (secondary N) is 2. The highest BCUT2D eigenvalue weighted by Crippen LogP contribution is 2.32. The molecule has 0 spiro atoms. The fraction of sp³-hybridized carbons (Fsp3) is 0.562. The fourth-order valence-corrected chi connectivity index (χ4v) is 2.87. The van der Waals surface area contributed by atoms with Crippen molar-refractivity contribution in [2.75, 3.05) is 31.6 Å². The lowest BCUT2D eigenvalue weighted by molar-refractivity contribution is -0.139. The Bertz CT molecular complexity index is 595. The number of carbonyl (C=O) groups excluding carboxylic acids is 1. The van der Waals surface area contributed by atoms with Crippen molar-refractivity contribution in [2.45, 2.75) is 31.5 Å². The second-order valence-electron chi connectivity index (χ2n) is 5.94. The molecule has 140 valence electrons. The Hall–Kier alpha value is -1.87. The standard InChI is InChI=1S/C16H21F4N3O2/c17-14-5-4-11(9-13(14)16(18,19)20)22-15(25)21-6-8-23-7-2-1-3-12(23)10-24/h4-5,9,12,24H,1-3,6-8,10H2,(H2,21,22,25). The third kappa shape index (κ3) is 5.57. The van der Waals surface area contributed by atoms with Crippen LogP contribution in [0.25, 0.3) is 0 Å². The number of hydrogen-bond acceptors (Lipinski definition) is 3. The van der Waals surface area contributed by atoms with E-state index in [0.29, 0.717) is 18.7 Å². The van der Waals surface area contributed by atoms with Crippen LogP contribution in [0.1, 0.15) is 24.8 Å². The van der Waals surface area contributed by atoms with E-state index in [4.69, 9.17) is 0 Å². The van der Waals surface area contributed by atoms with Crippen LogP contribution in [0.3, 0.4) is 0 Å². The maximum Gasteiger partial charge on any atom is 0.419 e. The molecule has 2 amide bonds. The van der Waals surface area contributed by atoms with Crippen LogP contribution in [0.15, 0.2) is 18.2 Å². The molecule has 1 fully saturated rings. The molecule has 1 aliphatic rings. The largest absolute Gasteiger partial charge is 0.419 e. The third-order valence-electron chi connectivity index (χ3n) is 4.17. The monoisotopic (exact) mass is 363 g/mol. The molecule has 9 heteroatoms. The first-order chi connectivity index (χ1) is 11.8. The average molecular weight is 363 g/mol. The number of aliphatic hydroxyl groups excluding tert-OH is 1. The highest BCUT2D eigenvalue weighted by Gasteiger charge is 2.34. The summed E-state index contributed by atoms with van der Waals surface area (Å²) in [5, 5.41) is 14.1. The van der Waals surface area contributed by atoms with Gasteiger partial charge in [0.25, 0.3) is 0 Å². The number of likely N-dealkylation sites (tertiary alicyclic amines) is 1. The molecule has 0 saturated carbocycles. The van der Waals surface area contributed by atoms with Gasteiger partial charge in [0.1, 0.15) is 5.82 Å². The van der Waals surface area contributed by atoms with Crippen LogP contribution in [-0.2, 0) is 6.18 Å². The number of hydrogen-bond donors (Lipinski definition) is 3. The molecule has 0 bridgehead atoms. The van der Waals surface area contributed by atoms with E-state index in [2.05, 4.69) is 15.5 Å². The molecule has 0 radical (unpaired) electrons. The maximum atomic E-state index is 13.2. The van der Waals surface area contributed by atoms with Crippen LogP contribution in [-0.4, -0.2) is 48.3 Å². The van der Waals surface area contributed by atoms with Gasteiger partial charge in [0, 0.05) is 24.8 Å². The first-order valence-corrected chi connectivity index (χ1v) is 8.08. The fourth-order valence-electron chi connectivity index (χ4n) is 2.87. The molecular weight excluding hydrogens is 342 g/mol. The molecule has 1 aromatic carbocycles. The maximum absolute atomic E-state index is 13.2. The van der Waals surface area contributed by atoms with E-state index in [-0.39, 0.29) is 24.9 Å². The summed E-state index contributed by atoms with van der Waals surface area (Å²) in [6, 6.07) is 1.69. The van der Waals surface area contributed by atoms with Crippen LogP contribution < -0.4 is 10.6 Å². The van der Waals surface area contributed by atoms with Crippen LogP contribution >= 0.6 is 0 Å². The minimum Gasteiger partial charge on any atom is -0.395 e. The van der Waals surface area contributed by atoms with E-state index in [1.165, 1.54) is 0 Å². The van der Waals surface area contributed by atoms with Gasteiger partial charge in [0.2, 0.25) is 0 Å². The summed E-state index contributed by atoms with van der Waals surface area (Å²) in [6.45, 7) is 1.72. The Morgan fingerprint density at radius 1 is 1.32 bits per heavy atom. The zero-order valence-electron chi connectivity index (χ0n) is 13.6. The number of amides is 2. The summed E-state index contributed by atoms with van der Waals surface area (Å²) in [5.74, 6) is -1.39. The van der Waals surface area contributed by atoms with Gasteiger partial charge in [-0.3, -0.25) is 4.90 Å². The molecule has 0 aromatic heterocycles. The van der Waals surface area contributed by atoms with Crippen molar-refractivity contribution in [1.29, 1.82) is 0 Å². The van der Waals surface area contributed by atoms with E-state index < -0.39 is 23.6 Å². The van der Waals surface area contributed by atoms with Gasteiger partial charge >= 0.3 is 12.2 Å². The molecular formula is C16H21F4N3O2. The van der Waals surface area contributed by atoms with Crippen LogP contribution in [0, 0.1) is 5.82 Å². The van der Waals surface area contributed by atoms with E-state index in [1.54, 1.807) is 0 Å². The normalized spacial score (nSPS) is 18.8. The summed E-state index contributed by atoms with van der Waals surface area (Å²) >= 11 is 0. The summed E-state index contributed by atoms with van der Waals surface area (Å²) in [7, 11) is 0. The van der Waals surface area contributed by atoms with Crippen LogP contribution in [0.5, 0.6) is 0 Å². The Balaban J connectivity index is 1.84. The molecule has 1 heterocycles. The molecule has 1 atom stereocenters. The predicted molar refractivity (Wildman–Crippen MR) is 84.7 cm³/mol. The molecule has 1 saturated heterocycles. The van der Waals surface area contributed by atoms with E-state index >= 15 is 0 Å². The summed E-state index contributed by atoms with van der Waals surface area (Å²) in [6.07, 6.45) is -1.84. The number of carbonyl (C=O) groups is 1. The van der Waals surface area contributed by atoms with Gasteiger partial charge in [-0.2, -0.15) is 13.2 Å². The number of rotatable bonds is 5. The highest BCUT2D eigenvalue weighted by atomic mass is 19.4. The lowest BCUT2D eigenvalue weighted by Crippen LogP contribution is -2.46. The zero-order chi connectivity index (χ0) is 18.4. The highest BCUT2D eigenvalue weighted by molar-refractivity contribution is 5.89. The Kier molecular flexibility index (Phi) is 6.60. The summed E-state index contributed by atoms with van der Waals surface area (Å²) in [4.78, 5) is 13.9. The predicted octanol–water partition coefficient (Wildman–Crippen LogP) is 2.81. The Morgan fingerprint density at radius 3 is 2.76 bits per heavy atom. The minimum atomic E-state index is -4.83. The van der Waals surface area contributed by atoms with Gasteiger partial charge in [0.15, 0.2) is 0 Å². The van der Waals surface area contributed by atoms with Crippen molar-refractivity contribution in [3.8, 4) is 0 Å². The number of urea groups is 1. The van der Waals surface area contributed by atoms with E-state index in [9.17, 15) is 27.5 Å². The number of aliphatic hydroxyl groups is 1. The van der Waals surface area contributed by atoms with Crippen molar-refractivity contribution in [2.24, 2.45) is 0 Å². The number of halogens is 4. The van der Waals surface area contributed by atoms with Crippen molar-refractivity contribution >= 4 is 11.7 Å². The van der Waals surface area contributed by atoms with Crippen molar-refractivity contribution in [3.05, 3.63) is 29.6 Å². The van der Waals surface area contributed by atoms with Gasteiger partial charge < -0.3 is 15.7 Å². The zero-order valence-corrected chi connectivity index (χ0v) is 13.6. The third-order valence-corrected chi connectivity index (χ3v) is 4.17. The summed E-state index contributed by atoms with van der Waals surface area (Å²) in [5.41, 5.74) is -1.57. The average Bonchev–Trinajstić information content (AvgIpc) is 2.56. The number of piperidine rings is 1. The second-order valence-corrected chi connectivity index (χ2v) is 5.94. The lowest BCUT2D eigenvalue weighted by atomic mass is 10.0. The molecule has 0 aliphatic carbocycles. The SMILES string of the molecule is O=C(NCCN1CCCCC1CO)Nc1ccc(F)c(C(F)(F)F)c1. The van der Waals surface area contributed by atoms with Crippen molar-refractivity contribution < 1.29 is 27.5 Å². The summed E-state index contributed by atoms with van der Waals surface area (Å²) < 4.78 is 51.2. The first-order valence-electron chi connectivity index (χ1n) is 8.08. The number of alkyl halides is 3. The lowest BCUT2D eigenvalue weighted by Gasteiger charge is -2.34. The molecule has 1 aliphatic heterocycles. The Morgan fingerprint density at radius 2 is 2.08 bits per heavy atom. The molecule has 1 unspecified atom stereocenters. The van der Waals surface area contributed by atoms with E-state index in [0.717, 1.165) is 31.9 Å². The smallest absolute Gasteiger partial charge is 0.395 e. The van der Waals surface area contributed by atoms with Gasteiger partial charge in [-0.15, -0.1) is 0 Å². The van der Waals surface area contributed by atoms with E-state index in [1.807, 2.05) is 0 Å². The van der Waals surface area contributed by atoms with Crippen molar-refractivity contribution in [1.82, 2.24) is 10.2 Å². The molecule has 2 rings (SSSR count). The molecule has 3 N–H and O–H groups in total. The number of nitrogens with zero attached hydrogens (tertiary/aromatic N) is 1. The van der Waals surface area contributed by atoms with Gasteiger partial charge in [0.05, 0.1) is 12.2 Å². The quantitative estimate of drug-likeness (QED) is 0.705. The van der Waals surface area contributed by atoms with Crippen LogP contribution in [0.2, 0.25) is 0 Å². The first kappa shape index (κ1) is 19.5. The Labute approximate surface area is 143 Å². The van der Waals surface area contributed by atoms with Crippen LogP contribution in [0.4, 0.5) is 28.0 Å². The number of anilines is 1. The van der Waals surface area contributed by atoms with Gasteiger partial charge in [-0.05, 0) is 37.6 Å². The second kappa shape index (κ2) is 8.48. The van der Waals surface area contributed by atoms with Gasteiger partial charge in [-0.1, -0.05) is 6.42 Å². The minimum absolute atomic E-state index is 0.0575. The molecule has 1 aromatic rings. The number of benzene rings is 1. The van der Waals surface area contributed by atoms with Crippen molar-refractivity contribution in [3.63, 3.8) is 0 Å². The topological polar surface area (TPSA) is 64.6 Å².